The minimum Gasteiger partial charge on any atom is -0.342 e. The summed E-state index contributed by atoms with van der Waals surface area (Å²) in [7, 11) is 1.83. The lowest BCUT2D eigenvalue weighted by Crippen LogP contribution is -2.27. The number of anilines is 1. The number of hydrogen-bond donors (Lipinski definition) is 2. The minimum atomic E-state index is -0.310. The van der Waals surface area contributed by atoms with Gasteiger partial charge in [0.05, 0.1) is 16.7 Å². The van der Waals surface area contributed by atoms with Crippen LogP contribution in [0.15, 0.2) is 40.9 Å². The molecular formula is C21H24IN5O2S2. The Morgan fingerprint density at radius 3 is 2.68 bits per heavy atom. The Labute approximate surface area is 203 Å². The zero-order valence-electron chi connectivity index (χ0n) is 17.7. The number of halogens is 1. The van der Waals surface area contributed by atoms with Crippen LogP contribution in [-0.2, 0) is 11.8 Å². The molecule has 0 unspecified atom stereocenters. The fourth-order valence-corrected chi connectivity index (χ4v) is 4.87. The normalized spacial score (nSPS) is 12.1. The zero-order valence-corrected chi connectivity index (χ0v) is 21.5. The summed E-state index contributed by atoms with van der Waals surface area (Å²) in [5, 5.41) is 16.8. The molecule has 0 radical (unpaired) electrons. The Morgan fingerprint density at radius 1 is 1.23 bits per heavy atom. The Bertz CT molecular complexity index is 1070. The molecule has 2 N–H and O–H groups in total. The minimum absolute atomic E-state index is 0.100. The van der Waals surface area contributed by atoms with Crippen molar-refractivity contribution in [1.29, 1.82) is 0 Å². The molecule has 0 spiro atoms. The van der Waals surface area contributed by atoms with E-state index in [2.05, 4.69) is 63.3 Å². The summed E-state index contributed by atoms with van der Waals surface area (Å²) >= 11 is 4.98. The van der Waals surface area contributed by atoms with E-state index < -0.39 is 0 Å². The van der Waals surface area contributed by atoms with Crippen molar-refractivity contribution in [3.05, 3.63) is 55.5 Å². The van der Waals surface area contributed by atoms with E-state index in [1.54, 1.807) is 6.07 Å². The third-order valence-corrected chi connectivity index (χ3v) is 7.15. The number of carbonyl (C=O) groups is 2. The van der Waals surface area contributed by atoms with Gasteiger partial charge in [-0.25, -0.2) is 0 Å². The van der Waals surface area contributed by atoms with Crippen LogP contribution in [0.5, 0.6) is 0 Å². The summed E-state index contributed by atoms with van der Waals surface area (Å²) in [5.41, 5.74) is 1.95. The number of nitrogens with zero attached hydrogens (tertiary/aromatic N) is 3. The van der Waals surface area contributed by atoms with Gasteiger partial charge in [-0.2, -0.15) is 0 Å². The highest BCUT2D eigenvalue weighted by Gasteiger charge is 2.19. The molecule has 1 aromatic carbocycles. The summed E-state index contributed by atoms with van der Waals surface area (Å²) in [4.78, 5) is 25.5. The number of thiophene rings is 1. The van der Waals surface area contributed by atoms with Gasteiger partial charge in [0, 0.05) is 16.3 Å². The third kappa shape index (κ3) is 6.07. The molecule has 0 bridgehead atoms. The van der Waals surface area contributed by atoms with E-state index in [1.807, 2.05) is 42.1 Å². The highest BCUT2D eigenvalue weighted by Crippen LogP contribution is 2.27. The molecule has 2 aromatic heterocycles. The number of thioether (sulfide) groups is 1. The van der Waals surface area contributed by atoms with Crippen molar-refractivity contribution in [3.63, 3.8) is 0 Å². The predicted molar refractivity (Wildman–Crippen MR) is 134 cm³/mol. The van der Waals surface area contributed by atoms with Crippen molar-refractivity contribution in [1.82, 2.24) is 20.1 Å². The Morgan fingerprint density at radius 2 is 2.00 bits per heavy atom. The van der Waals surface area contributed by atoms with Crippen LogP contribution in [0.3, 0.4) is 0 Å². The Kier molecular flexibility index (Phi) is 8.11. The largest absolute Gasteiger partial charge is 0.342 e. The lowest BCUT2D eigenvalue weighted by atomic mass is 10.0. The molecule has 0 aliphatic rings. The van der Waals surface area contributed by atoms with Crippen molar-refractivity contribution >= 4 is 63.2 Å². The van der Waals surface area contributed by atoms with Gasteiger partial charge in [0.1, 0.15) is 0 Å². The molecule has 0 fully saturated rings. The fourth-order valence-electron chi connectivity index (χ4n) is 3.01. The molecule has 0 saturated heterocycles. The second-order valence-corrected chi connectivity index (χ2v) is 10.4. The van der Waals surface area contributed by atoms with Gasteiger partial charge in [-0.1, -0.05) is 31.7 Å². The molecule has 10 heteroatoms. The summed E-state index contributed by atoms with van der Waals surface area (Å²) < 4.78 is 2.95. The van der Waals surface area contributed by atoms with Crippen molar-refractivity contribution in [2.24, 2.45) is 7.05 Å². The van der Waals surface area contributed by atoms with Gasteiger partial charge >= 0.3 is 0 Å². The van der Waals surface area contributed by atoms with E-state index in [0.29, 0.717) is 21.8 Å². The fraction of sp³-hybridized carbons (Fsp3) is 0.333. The van der Waals surface area contributed by atoms with Crippen molar-refractivity contribution in [2.75, 3.05) is 11.1 Å². The van der Waals surface area contributed by atoms with Crippen LogP contribution in [0.4, 0.5) is 5.69 Å². The number of rotatable bonds is 8. The molecule has 164 valence electrons. The predicted octanol–water partition coefficient (Wildman–Crippen LogP) is 4.83. The maximum absolute atomic E-state index is 12.5. The molecule has 7 nitrogen and oxygen atoms in total. The first-order valence-corrected chi connectivity index (χ1v) is 12.7. The molecule has 3 rings (SSSR count). The highest BCUT2D eigenvalue weighted by molar-refractivity contribution is 14.1. The standard InChI is InChI=1S/C21H24IN5O2S2/c1-12(2)15-10-14(22)7-8-16(15)24-18(28)11-31-21-26-25-19(27(21)4)13(3)23-20(29)17-6-5-9-30-17/h5-10,12-13H,11H2,1-4H3,(H,23,29)(H,24,28)/t13-/m0/s1. The first-order chi connectivity index (χ1) is 14.8. The first kappa shape index (κ1) is 23.7. The Hall–Kier alpha value is -1.92. The number of aromatic nitrogens is 3. The molecule has 2 heterocycles. The monoisotopic (exact) mass is 569 g/mol. The van der Waals surface area contributed by atoms with E-state index in [0.717, 1.165) is 14.8 Å². The van der Waals surface area contributed by atoms with E-state index >= 15 is 0 Å². The van der Waals surface area contributed by atoms with Gasteiger partial charge in [-0.15, -0.1) is 21.5 Å². The van der Waals surface area contributed by atoms with E-state index in [9.17, 15) is 9.59 Å². The molecular weight excluding hydrogens is 545 g/mol. The van der Waals surface area contributed by atoms with Crippen LogP contribution in [0.1, 0.15) is 53.8 Å². The van der Waals surface area contributed by atoms with Gasteiger partial charge < -0.3 is 15.2 Å². The second-order valence-electron chi connectivity index (χ2n) is 7.30. The number of carbonyl (C=O) groups excluding carboxylic acids is 2. The lowest BCUT2D eigenvalue weighted by Gasteiger charge is -2.14. The first-order valence-electron chi connectivity index (χ1n) is 9.72. The smallest absolute Gasteiger partial charge is 0.261 e. The van der Waals surface area contributed by atoms with Crippen LogP contribution in [-0.4, -0.2) is 32.3 Å². The molecule has 1 atom stereocenters. The number of hydrogen-bond acceptors (Lipinski definition) is 6. The van der Waals surface area contributed by atoms with Crippen LogP contribution >= 0.6 is 45.7 Å². The quantitative estimate of drug-likeness (QED) is 0.300. The molecule has 0 saturated carbocycles. The average molecular weight is 569 g/mol. The average Bonchev–Trinajstić information content (AvgIpc) is 3.38. The molecule has 0 aliphatic heterocycles. The van der Waals surface area contributed by atoms with E-state index in [4.69, 9.17) is 0 Å². The highest BCUT2D eigenvalue weighted by atomic mass is 127. The summed E-state index contributed by atoms with van der Waals surface area (Å²) in [6.45, 7) is 6.07. The summed E-state index contributed by atoms with van der Waals surface area (Å²) in [6.07, 6.45) is 0. The maximum Gasteiger partial charge on any atom is 0.261 e. The van der Waals surface area contributed by atoms with E-state index in [-0.39, 0.29) is 23.6 Å². The van der Waals surface area contributed by atoms with Gasteiger partial charge in [0.15, 0.2) is 11.0 Å². The van der Waals surface area contributed by atoms with Gasteiger partial charge in [-0.05, 0) is 70.6 Å². The van der Waals surface area contributed by atoms with Crippen molar-refractivity contribution < 1.29 is 9.59 Å². The molecule has 0 aliphatic carbocycles. The summed E-state index contributed by atoms with van der Waals surface area (Å²) in [5.74, 6) is 0.914. The topological polar surface area (TPSA) is 88.9 Å². The molecule has 2 amide bonds. The van der Waals surface area contributed by atoms with Crippen LogP contribution < -0.4 is 10.6 Å². The lowest BCUT2D eigenvalue weighted by molar-refractivity contribution is -0.113. The van der Waals surface area contributed by atoms with Gasteiger partial charge in [-0.3, -0.25) is 9.59 Å². The van der Waals surface area contributed by atoms with Crippen molar-refractivity contribution in [3.8, 4) is 0 Å². The second kappa shape index (κ2) is 10.6. The molecule has 31 heavy (non-hydrogen) atoms. The van der Waals surface area contributed by atoms with E-state index in [1.165, 1.54) is 23.1 Å². The summed E-state index contributed by atoms with van der Waals surface area (Å²) in [6, 6.07) is 9.33. The van der Waals surface area contributed by atoms with Gasteiger partial charge in [0.2, 0.25) is 5.91 Å². The van der Waals surface area contributed by atoms with Crippen molar-refractivity contribution in [2.45, 2.75) is 37.9 Å². The Balaban J connectivity index is 1.60. The third-order valence-electron chi connectivity index (χ3n) is 4.59. The maximum atomic E-state index is 12.5. The molecule has 3 aromatic rings. The van der Waals surface area contributed by atoms with Crippen LogP contribution in [0.25, 0.3) is 0 Å². The number of nitrogens with one attached hydrogen (secondary N) is 2. The van der Waals surface area contributed by atoms with Gasteiger partial charge in [0.25, 0.3) is 5.91 Å². The zero-order chi connectivity index (χ0) is 22.5. The number of amides is 2. The number of benzene rings is 1. The SMILES string of the molecule is CC(C)c1cc(I)ccc1NC(=O)CSc1nnc([C@H](C)NC(=O)c2cccs2)n1C. The van der Waals surface area contributed by atoms with Crippen LogP contribution in [0.2, 0.25) is 0 Å². The van der Waals surface area contributed by atoms with Crippen LogP contribution in [0, 0.1) is 3.57 Å².